The van der Waals surface area contributed by atoms with E-state index in [1.807, 2.05) is 23.1 Å². The van der Waals surface area contributed by atoms with Gasteiger partial charge in [0.15, 0.2) is 0 Å². The van der Waals surface area contributed by atoms with Crippen LogP contribution in [0.25, 0.3) is 0 Å². The molecule has 6 nitrogen and oxygen atoms in total. The summed E-state index contributed by atoms with van der Waals surface area (Å²) in [7, 11) is 0. The predicted molar refractivity (Wildman–Crippen MR) is 93.8 cm³/mol. The van der Waals surface area contributed by atoms with E-state index in [-0.39, 0.29) is 18.0 Å². The van der Waals surface area contributed by atoms with Gasteiger partial charge in [-0.1, -0.05) is 30.3 Å². The molecule has 0 spiro atoms. The summed E-state index contributed by atoms with van der Waals surface area (Å²) < 4.78 is 5.16. The van der Waals surface area contributed by atoms with Crippen molar-refractivity contribution < 1.29 is 14.0 Å². The molecule has 1 aromatic carbocycles. The van der Waals surface area contributed by atoms with Crippen LogP contribution in [0.3, 0.4) is 0 Å². The molecule has 0 bridgehead atoms. The van der Waals surface area contributed by atoms with Crippen LogP contribution in [0.1, 0.15) is 24.2 Å². The average molecular weight is 341 g/mol. The minimum Gasteiger partial charge on any atom is -0.467 e. The highest BCUT2D eigenvalue weighted by Gasteiger charge is 2.30. The third-order valence-corrected chi connectivity index (χ3v) is 4.29. The maximum atomic E-state index is 12.1. The molecule has 1 aliphatic heterocycles. The Kier molecular flexibility index (Phi) is 5.72. The van der Waals surface area contributed by atoms with Crippen LogP contribution in [0.15, 0.2) is 53.1 Å². The quantitative estimate of drug-likeness (QED) is 0.811. The van der Waals surface area contributed by atoms with Gasteiger partial charge in [0.25, 0.3) is 0 Å². The molecule has 1 atom stereocenters. The summed E-state index contributed by atoms with van der Waals surface area (Å²) >= 11 is 0. The summed E-state index contributed by atoms with van der Waals surface area (Å²) in [6.07, 6.45) is 3.80. The second-order valence-electron chi connectivity index (χ2n) is 6.24. The number of urea groups is 1. The molecule has 0 aliphatic carbocycles. The zero-order valence-corrected chi connectivity index (χ0v) is 14.1. The van der Waals surface area contributed by atoms with Crippen molar-refractivity contribution in [2.75, 3.05) is 13.1 Å². The van der Waals surface area contributed by atoms with Gasteiger partial charge in [-0.25, -0.2) is 4.79 Å². The molecule has 25 heavy (non-hydrogen) atoms. The number of likely N-dealkylation sites (tertiary alicyclic amines) is 1. The van der Waals surface area contributed by atoms with Crippen molar-refractivity contribution in [2.24, 2.45) is 0 Å². The second kappa shape index (κ2) is 8.37. The van der Waals surface area contributed by atoms with Crippen molar-refractivity contribution in [1.82, 2.24) is 15.5 Å². The molecule has 132 valence electrons. The van der Waals surface area contributed by atoms with Crippen LogP contribution in [0.4, 0.5) is 4.79 Å². The fraction of sp³-hybridized carbons (Fsp3) is 0.368. The molecular weight excluding hydrogens is 318 g/mol. The fourth-order valence-corrected chi connectivity index (χ4v) is 3.02. The Labute approximate surface area is 147 Å². The number of carbonyl (C=O) groups excluding carboxylic acids is 2. The molecule has 2 N–H and O–H groups in total. The molecule has 1 saturated heterocycles. The van der Waals surface area contributed by atoms with Crippen molar-refractivity contribution in [1.29, 1.82) is 0 Å². The van der Waals surface area contributed by atoms with Gasteiger partial charge < -0.3 is 20.0 Å². The molecule has 3 rings (SSSR count). The van der Waals surface area contributed by atoms with Crippen LogP contribution in [-0.4, -0.2) is 36.0 Å². The number of carbonyl (C=O) groups is 2. The van der Waals surface area contributed by atoms with Crippen LogP contribution in [0, 0.1) is 0 Å². The third kappa shape index (κ3) is 5.11. The van der Waals surface area contributed by atoms with Gasteiger partial charge >= 0.3 is 6.03 Å². The zero-order valence-electron chi connectivity index (χ0n) is 14.1. The first kappa shape index (κ1) is 17.1. The van der Waals surface area contributed by atoms with Crippen molar-refractivity contribution in [3.63, 3.8) is 0 Å². The number of furan rings is 1. The number of aryl methyl sites for hydroxylation is 1. The predicted octanol–water partition coefficient (Wildman–Crippen LogP) is 2.31. The van der Waals surface area contributed by atoms with Crippen molar-refractivity contribution >= 4 is 11.9 Å². The Morgan fingerprint density at radius 2 is 2.04 bits per heavy atom. The molecule has 2 aromatic rings. The number of hydrogen-bond acceptors (Lipinski definition) is 3. The molecule has 0 radical (unpaired) electrons. The van der Waals surface area contributed by atoms with E-state index in [9.17, 15) is 9.59 Å². The van der Waals surface area contributed by atoms with Gasteiger partial charge in [0.05, 0.1) is 18.8 Å². The molecule has 6 heteroatoms. The first-order valence-corrected chi connectivity index (χ1v) is 8.59. The van der Waals surface area contributed by atoms with Crippen LogP contribution >= 0.6 is 0 Å². The summed E-state index contributed by atoms with van der Waals surface area (Å²) in [5.74, 6) is 0.796. The highest BCUT2D eigenvalue weighted by molar-refractivity contribution is 5.81. The monoisotopic (exact) mass is 341 g/mol. The highest BCUT2D eigenvalue weighted by atomic mass is 16.3. The Morgan fingerprint density at radius 1 is 1.20 bits per heavy atom. The smallest absolute Gasteiger partial charge is 0.315 e. The number of hydrogen-bond donors (Lipinski definition) is 2. The molecule has 1 fully saturated rings. The Bertz CT molecular complexity index is 685. The van der Waals surface area contributed by atoms with Gasteiger partial charge in [-0.2, -0.15) is 0 Å². The van der Waals surface area contributed by atoms with Gasteiger partial charge in [-0.3, -0.25) is 4.79 Å². The summed E-state index contributed by atoms with van der Waals surface area (Å²) in [4.78, 5) is 25.8. The molecule has 1 unspecified atom stereocenters. The average Bonchev–Trinajstić information content (AvgIpc) is 3.24. The van der Waals surface area contributed by atoms with Crippen LogP contribution in [-0.2, 0) is 17.8 Å². The summed E-state index contributed by atoms with van der Waals surface area (Å²) in [5.41, 5.74) is 1.28. The number of nitrogens with one attached hydrogen (secondary N) is 2. The molecule has 2 heterocycles. The van der Waals surface area contributed by atoms with Crippen molar-refractivity contribution in [2.45, 2.75) is 31.8 Å². The zero-order chi connectivity index (χ0) is 17.5. The van der Waals surface area contributed by atoms with Gasteiger partial charge in [0.1, 0.15) is 5.76 Å². The van der Waals surface area contributed by atoms with Crippen LogP contribution in [0.5, 0.6) is 0 Å². The van der Waals surface area contributed by atoms with Gasteiger partial charge in [-0.05, 0) is 30.5 Å². The van der Waals surface area contributed by atoms with Crippen LogP contribution in [0.2, 0.25) is 0 Å². The summed E-state index contributed by atoms with van der Waals surface area (Å²) in [5, 5.41) is 5.59. The highest BCUT2D eigenvalue weighted by Crippen LogP contribution is 2.13. The minimum absolute atomic E-state index is 0.101. The summed E-state index contributed by atoms with van der Waals surface area (Å²) in [6.45, 7) is 1.63. The van der Waals surface area contributed by atoms with E-state index in [1.165, 1.54) is 5.56 Å². The SMILES string of the molecule is O=C(NCc1ccco1)NC1CC(=O)N(CCCc2ccccc2)C1. The van der Waals surface area contributed by atoms with Crippen LogP contribution < -0.4 is 10.6 Å². The molecular formula is C19H23N3O3. The second-order valence-corrected chi connectivity index (χ2v) is 6.24. The van der Waals surface area contributed by atoms with E-state index in [0.717, 1.165) is 19.4 Å². The third-order valence-electron chi connectivity index (χ3n) is 4.29. The summed E-state index contributed by atoms with van der Waals surface area (Å²) in [6, 6.07) is 13.4. The molecule has 1 aromatic heterocycles. The Hall–Kier alpha value is -2.76. The standard InChI is InChI=1S/C19H23N3O3/c23-18-12-16(21-19(24)20-13-17-9-5-11-25-17)14-22(18)10-4-8-15-6-2-1-3-7-15/h1-3,5-7,9,11,16H,4,8,10,12-14H2,(H2,20,21,24). The van der Waals surface area contributed by atoms with E-state index in [4.69, 9.17) is 4.42 Å². The minimum atomic E-state index is -0.277. The molecule has 3 amide bonds. The normalized spacial score (nSPS) is 16.9. The fourth-order valence-electron chi connectivity index (χ4n) is 3.02. The number of rotatable bonds is 7. The van der Waals surface area contributed by atoms with E-state index < -0.39 is 0 Å². The lowest BCUT2D eigenvalue weighted by Crippen LogP contribution is -2.43. The first-order valence-electron chi connectivity index (χ1n) is 8.59. The van der Waals surface area contributed by atoms with E-state index >= 15 is 0 Å². The Morgan fingerprint density at radius 3 is 2.80 bits per heavy atom. The maximum absolute atomic E-state index is 12.1. The maximum Gasteiger partial charge on any atom is 0.315 e. The van der Waals surface area contributed by atoms with Crippen molar-refractivity contribution in [3.8, 4) is 0 Å². The van der Waals surface area contributed by atoms with Gasteiger partial charge in [0, 0.05) is 19.5 Å². The van der Waals surface area contributed by atoms with Gasteiger partial charge in [0.2, 0.25) is 5.91 Å². The first-order chi connectivity index (χ1) is 12.2. The molecule has 0 saturated carbocycles. The van der Waals surface area contributed by atoms with E-state index in [2.05, 4.69) is 22.8 Å². The Balaban J connectivity index is 1.37. The lowest BCUT2D eigenvalue weighted by Gasteiger charge is -2.17. The van der Waals surface area contributed by atoms with Gasteiger partial charge in [-0.15, -0.1) is 0 Å². The lowest BCUT2D eigenvalue weighted by atomic mass is 10.1. The lowest BCUT2D eigenvalue weighted by molar-refractivity contribution is -0.127. The largest absolute Gasteiger partial charge is 0.467 e. The number of amides is 3. The van der Waals surface area contributed by atoms with E-state index in [0.29, 0.717) is 25.3 Å². The number of benzene rings is 1. The van der Waals surface area contributed by atoms with Crippen molar-refractivity contribution in [3.05, 3.63) is 60.1 Å². The van der Waals surface area contributed by atoms with E-state index in [1.54, 1.807) is 18.4 Å². The topological polar surface area (TPSA) is 74.6 Å². The number of nitrogens with zero attached hydrogens (tertiary/aromatic N) is 1. The molecule has 1 aliphatic rings.